The van der Waals surface area contributed by atoms with Crippen LogP contribution in [0.4, 0.5) is 0 Å². The first-order chi connectivity index (χ1) is 7.78. The van der Waals surface area contributed by atoms with Gasteiger partial charge in [0.05, 0.1) is 25.1 Å². The summed E-state index contributed by atoms with van der Waals surface area (Å²) in [7, 11) is 3.45. The minimum atomic E-state index is -3.51. The Bertz CT molecular complexity index is 299. The zero-order chi connectivity index (χ0) is 13.5. The van der Waals surface area contributed by atoms with Gasteiger partial charge >= 0.3 is 0 Å². The van der Waals surface area contributed by atoms with Crippen molar-refractivity contribution in [1.82, 2.24) is 0 Å². The van der Waals surface area contributed by atoms with Crippen molar-refractivity contribution in [2.45, 2.75) is 39.7 Å². The molecular formula is C11H23ClO4S. The Labute approximate surface area is 109 Å². The maximum atomic E-state index is 11.2. The zero-order valence-electron chi connectivity index (χ0n) is 11.0. The fourth-order valence-electron chi connectivity index (χ4n) is 1.67. The summed E-state index contributed by atoms with van der Waals surface area (Å²) >= 11 is 0. The van der Waals surface area contributed by atoms with Gasteiger partial charge in [0.1, 0.15) is 0 Å². The predicted octanol–water partition coefficient (Wildman–Crippen LogP) is 2.41. The summed E-state index contributed by atoms with van der Waals surface area (Å²) in [5, 5.41) is 0. The average molecular weight is 287 g/mol. The Morgan fingerprint density at radius 2 is 1.82 bits per heavy atom. The molecule has 0 radical (unpaired) electrons. The molecule has 0 aromatic rings. The van der Waals surface area contributed by atoms with Crippen LogP contribution in [0.25, 0.3) is 0 Å². The third kappa shape index (κ3) is 7.24. The van der Waals surface area contributed by atoms with Gasteiger partial charge in [-0.25, -0.2) is 8.42 Å². The van der Waals surface area contributed by atoms with Gasteiger partial charge in [-0.3, -0.25) is 0 Å². The summed E-state index contributed by atoms with van der Waals surface area (Å²) in [6, 6.07) is 0. The average Bonchev–Trinajstić information content (AvgIpc) is 2.23. The normalized spacial score (nSPS) is 14.9. The van der Waals surface area contributed by atoms with E-state index < -0.39 is 14.5 Å². The van der Waals surface area contributed by atoms with E-state index in [1.54, 1.807) is 7.11 Å². The number of halogens is 1. The number of hydrogen-bond donors (Lipinski definition) is 0. The van der Waals surface area contributed by atoms with Crippen LogP contribution in [-0.4, -0.2) is 40.6 Å². The first-order valence-electron chi connectivity index (χ1n) is 5.81. The lowest BCUT2D eigenvalue weighted by Crippen LogP contribution is -2.34. The molecule has 1 atom stereocenters. The molecule has 0 spiro atoms. The topological polar surface area (TPSA) is 52.6 Å². The van der Waals surface area contributed by atoms with E-state index in [1.165, 1.54) is 0 Å². The van der Waals surface area contributed by atoms with Crippen LogP contribution in [0.2, 0.25) is 0 Å². The number of methoxy groups -OCH3 is 1. The Morgan fingerprint density at radius 3 is 2.18 bits per heavy atom. The van der Waals surface area contributed by atoms with Gasteiger partial charge in [-0.2, -0.15) is 0 Å². The highest BCUT2D eigenvalue weighted by Gasteiger charge is 2.32. The van der Waals surface area contributed by atoms with Crippen molar-refractivity contribution < 1.29 is 17.9 Å². The Balaban J connectivity index is 4.51. The second kappa shape index (κ2) is 7.56. The van der Waals surface area contributed by atoms with Crippen LogP contribution >= 0.6 is 10.7 Å². The van der Waals surface area contributed by atoms with Crippen LogP contribution in [0.15, 0.2) is 0 Å². The summed E-state index contributed by atoms with van der Waals surface area (Å²) < 4.78 is 33.0. The van der Waals surface area contributed by atoms with Gasteiger partial charge in [-0.1, -0.05) is 13.8 Å². The maximum Gasteiger partial charge on any atom is 0.233 e. The summed E-state index contributed by atoms with van der Waals surface area (Å²) in [6.45, 7) is 6.69. The highest BCUT2D eigenvalue weighted by Crippen LogP contribution is 2.30. The van der Waals surface area contributed by atoms with Crippen LogP contribution in [0.5, 0.6) is 0 Å². The van der Waals surface area contributed by atoms with E-state index in [0.29, 0.717) is 13.2 Å². The van der Waals surface area contributed by atoms with E-state index in [1.807, 2.05) is 20.8 Å². The lowest BCUT2D eigenvalue weighted by molar-refractivity contribution is -0.0305. The van der Waals surface area contributed by atoms with E-state index in [9.17, 15) is 8.42 Å². The van der Waals surface area contributed by atoms with Crippen LogP contribution in [0.3, 0.4) is 0 Å². The largest absolute Gasteiger partial charge is 0.382 e. The Kier molecular flexibility index (Phi) is 7.63. The Hall–Kier alpha value is 0.160. The van der Waals surface area contributed by atoms with Gasteiger partial charge in [0.2, 0.25) is 9.05 Å². The number of hydrogen-bond acceptors (Lipinski definition) is 4. The van der Waals surface area contributed by atoms with Gasteiger partial charge < -0.3 is 9.47 Å². The fourth-order valence-corrected chi connectivity index (χ4v) is 3.58. The number of ether oxygens (including phenoxy) is 2. The molecule has 1 unspecified atom stereocenters. The molecule has 0 saturated carbocycles. The van der Waals surface area contributed by atoms with Gasteiger partial charge in [0.15, 0.2) is 0 Å². The molecule has 0 amide bonds. The van der Waals surface area contributed by atoms with Gasteiger partial charge in [-0.15, -0.1) is 0 Å². The van der Waals surface area contributed by atoms with E-state index in [2.05, 4.69) is 0 Å². The van der Waals surface area contributed by atoms with Crippen molar-refractivity contribution in [2.24, 2.45) is 5.41 Å². The molecule has 0 heterocycles. The lowest BCUT2D eigenvalue weighted by Gasteiger charge is -2.31. The molecule has 6 heteroatoms. The third-order valence-corrected chi connectivity index (χ3v) is 4.34. The van der Waals surface area contributed by atoms with Gasteiger partial charge in [-0.05, 0) is 19.8 Å². The first kappa shape index (κ1) is 17.2. The standard InChI is InChI=1S/C11H23ClO4S/c1-5-11(6-2,9-17(12,13)14)8-16-10(3)7-15-4/h10H,5-9H2,1-4H3. The third-order valence-electron chi connectivity index (χ3n) is 3.05. The van der Waals surface area contributed by atoms with Crippen LogP contribution in [0.1, 0.15) is 33.6 Å². The smallest absolute Gasteiger partial charge is 0.233 e. The van der Waals surface area contributed by atoms with Crippen molar-refractivity contribution in [3.05, 3.63) is 0 Å². The lowest BCUT2D eigenvalue weighted by atomic mass is 9.85. The quantitative estimate of drug-likeness (QED) is 0.611. The maximum absolute atomic E-state index is 11.2. The second-order valence-corrected chi connectivity index (χ2v) is 7.24. The Morgan fingerprint density at radius 1 is 1.29 bits per heavy atom. The summed E-state index contributed by atoms with van der Waals surface area (Å²) in [5.41, 5.74) is -0.400. The zero-order valence-corrected chi connectivity index (χ0v) is 12.6. The number of rotatable bonds is 9. The minimum absolute atomic E-state index is 0.0458. The van der Waals surface area contributed by atoms with Gasteiger partial charge in [0.25, 0.3) is 0 Å². The SMILES string of the molecule is CCC(CC)(COC(C)COC)CS(=O)(=O)Cl. The molecule has 0 saturated heterocycles. The van der Waals surface area contributed by atoms with E-state index in [4.69, 9.17) is 20.2 Å². The molecule has 0 aliphatic rings. The van der Waals surface area contributed by atoms with Crippen molar-refractivity contribution >= 4 is 19.7 Å². The first-order valence-corrected chi connectivity index (χ1v) is 8.29. The molecule has 0 N–H and O–H groups in total. The molecule has 0 aromatic heterocycles. The molecule has 0 fully saturated rings. The van der Waals surface area contributed by atoms with Crippen molar-refractivity contribution in [1.29, 1.82) is 0 Å². The molecule has 4 nitrogen and oxygen atoms in total. The minimum Gasteiger partial charge on any atom is -0.382 e. The summed E-state index contributed by atoms with van der Waals surface area (Å²) in [4.78, 5) is 0. The van der Waals surface area contributed by atoms with Crippen LogP contribution < -0.4 is 0 Å². The van der Waals surface area contributed by atoms with Gasteiger partial charge in [0, 0.05) is 23.2 Å². The monoisotopic (exact) mass is 286 g/mol. The van der Waals surface area contributed by atoms with Crippen molar-refractivity contribution in [3.63, 3.8) is 0 Å². The van der Waals surface area contributed by atoms with Crippen molar-refractivity contribution in [2.75, 3.05) is 26.1 Å². The van der Waals surface area contributed by atoms with Crippen molar-refractivity contribution in [3.8, 4) is 0 Å². The second-order valence-electron chi connectivity index (χ2n) is 4.47. The van der Waals surface area contributed by atoms with E-state index in [-0.39, 0.29) is 11.9 Å². The molecule has 0 aliphatic heterocycles. The van der Waals surface area contributed by atoms with E-state index in [0.717, 1.165) is 12.8 Å². The summed E-state index contributed by atoms with van der Waals surface area (Å²) in [6.07, 6.45) is 1.39. The highest BCUT2D eigenvalue weighted by atomic mass is 35.7. The molecule has 0 aliphatic carbocycles. The van der Waals surface area contributed by atoms with Crippen LogP contribution in [0, 0.1) is 5.41 Å². The fraction of sp³-hybridized carbons (Fsp3) is 1.00. The summed E-state index contributed by atoms with van der Waals surface area (Å²) in [5.74, 6) is -0.0474. The predicted molar refractivity (Wildman–Crippen MR) is 69.9 cm³/mol. The van der Waals surface area contributed by atoms with E-state index >= 15 is 0 Å². The molecule has 0 aromatic carbocycles. The van der Waals surface area contributed by atoms with Crippen LogP contribution in [-0.2, 0) is 18.5 Å². The molecule has 0 rings (SSSR count). The molecule has 0 bridgehead atoms. The molecule has 104 valence electrons. The molecule has 17 heavy (non-hydrogen) atoms. The highest BCUT2D eigenvalue weighted by molar-refractivity contribution is 8.13. The molecular weight excluding hydrogens is 264 g/mol.